The summed E-state index contributed by atoms with van der Waals surface area (Å²) in [6.07, 6.45) is 2.50. The first-order valence-electron chi connectivity index (χ1n) is 6.04. The first kappa shape index (κ1) is 17.4. The fraction of sp³-hybridized carbons (Fsp3) is 0.667. The Balaban J connectivity index is 3.88. The normalized spacial score (nSPS) is 9.95. The molecule has 0 saturated heterocycles. The number of amides is 2. The van der Waals surface area contributed by atoms with Crippen LogP contribution in [0.5, 0.6) is 0 Å². The second-order valence-corrected chi connectivity index (χ2v) is 3.73. The van der Waals surface area contributed by atoms with E-state index in [1.807, 2.05) is 0 Å². The molecule has 0 radical (unpaired) electrons. The van der Waals surface area contributed by atoms with Gasteiger partial charge in [0.1, 0.15) is 6.54 Å². The summed E-state index contributed by atoms with van der Waals surface area (Å²) in [5.74, 6) is -1.06. The van der Waals surface area contributed by atoms with Crippen LogP contribution in [0, 0.1) is 0 Å². The van der Waals surface area contributed by atoms with Gasteiger partial charge < -0.3 is 24.8 Å². The minimum atomic E-state index is -1.06. The molecule has 0 aromatic heterocycles. The molecule has 0 unspecified atom stereocenters. The Labute approximate surface area is 113 Å². The van der Waals surface area contributed by atoms with Crippen molar-refractivity contribution >= 4 is 12.0 Å². The zero-order valence-corrected chi connectivity index (χ0v) is 11.3. The van der Waals surface area contributed by atoms with Gasteiger partial charge in [0.05, 0.1) is 19.8 Å². The van der Waals surface area contributed by atoms with Crippen LogP contribution in [0.15, 0.2) is 12.7 Å². The summed E-state index contributed by atoms with van der Waals surface area (Å²) in [7, 11) is 1.49. The molecule has 0 aliphatic carbocycles. The number of carboxylic acid groups (broad SMARTS) is 1. The fourth-order valence-electron chi connectivity index (χ4n) is 1.23. The van der Waals surface area contributed by atoms with E-state index >= 15 is 0 Å². The molecule has 0 aliphatic rings. The summed E-state index contributed by atoms with van der Waals surface area (Å²) in [6.45, 7) is 4.99. The number of carbonyl (C=O) groups excluding carboxylic acids is 1. The van der Waals surface area contributed by atoms with Crippen LogP contribution in [0.1, 0.15) is 6.42 Å². The molecule has 0 bridgehead atoms. The molecular formula is C12H22N2O5. The van der Waals surface area contributed by atoms with E-state index in [1.54, 1.807) is 6.08 Å². The minimum Gasteiger partial charge on any atom is -0.480 e. The maximum atomic E-state index is 11.7. The number of hydrogen-bond acceptors (Lipinski definition) is 4. The van der Waals surface area contributed by atoms with Crippen LogP contribution in [0.2, 0.25) is 0 Å². The van der Waals surface area contributed by atoms with Crippen molar-refractivity contribution < 1.29 is 24.2 Å². The zero-order chi connectivity index (χ0) is 14.5. The van der Waals surface area contributed by atoms with E-state index in [-0.39, 0.29) is 19.7 Å². The summed E-state index contributed by atoms with van der Waals surface area (Å²) < 4.78 is 10.0. The summed E-state index contributed by atoms with van der Waals surface area (Å²) in [6, 6.07) is -0.438. The molecule has 19 heavy (non-hydrogen) atoms. The number of ether oxygens (including phenoxy) is 2. The van der Waals surface area contributed by atoms with Crippen molar-refractivity contribution in [2.24, 2.45) is 0 Å². The molecule has 2 amide bonds. The highest BCUT2D eigenvalue weighted by atomic mass is 16.5. The van der Waals surface area contributed by atoms with E-state index in [1.165, 1.54) is 12.0 Å². The number of methoxy groups -OCH3 is 1. The Morgan fingerprint density at radius 3 is 2.68 bits per heavy atom. The second kappa shape index (κ2) is 11.5. The van der Waals surface area contributed by atoms with Crippen molar-refractivity contribution in [1.29, 1.82) is 0 Å². The third kappa shape index (κ3) is 10.0. The molecule has 110 valence electrons. The van der Waals surface area contributed by atoms with Crippen LogP contribution in [-0.4, -0.2) is 68.6 Å². The summed E-state index contributed by atoms with van der Waals surface area (Å²) in [5.41, 5.74) is 0. The monoisotopic (exact) mass is 274 g/mol. The highest BCUT2D eigenvalue weighted by molar-refractivity contribution is 5.80. The van der Waals surface area contributed by atoms with Crippen molar-refractivity contribution in [1.82, 2.24) is 10.2 Å². The van der Waals surface area contributed by atoms with E-state index in [2.05, 4.69) is 11.9 Å². The van der Waals surface area contributed by atoms with Crippen LogP contribution in [0.4, 0.5) is 4.79 Å². The fourth-order valence-corrected chi connectivity index (χ4v) is 1.23. The average Bonchev–Trinajstić information content (AvgIpc) is 2.37. The molecule has 0 spiro atoms. The average molecular weight is 274 g/mol. The molecular weight excluding hydrogens is 252 g/mol. The van der Waals surface area contributed by atoms with Crippen molar-refractivity contribution in [2.75, 3.05) is 46.6 Å². The number of nitrogens with one attached hydrogen (secondary N) is 1. The maximum Gasteiger partial charge on any atom is 0.323 e. The Bertz CT molecular complexity index is 283. The Kier molecular flexibility index (Phi) is 10.5. The second-order valence-electron chi connectivity index (χ2n) is 3.73. The molecule has 0 heterocycles. The molecule has 7 nitrogen and oxygen atoms in total. The number of nitrogens with zero attached hydrogens (tertiary/aromatic N) is 1. The number of carboxylic acids is 1. The lowest BCUT2D eigenvalue weighted by atomic mass is 10.4. The molecule has 0 fully saturated rings. The van der Waals surface area contributed by atoms with Crippen LogP contribution in [0.3, 0.4) is 0 Å². The standard InChI is InChI=1S/C12H22N2O5/c1-3-4-7-19-8-5-13-12(17)14(6-9-18-2)10-11(15)16/h3H,1,4-10H2,2H3,(H,13,17)(H,15,16). The van der Waals surface area contributed by atoms with Gasteiger partial charge >= 0.3 is 12.0 Å². The highest BCUT2D eigenvalue weighted by Crippen LogP contribution is 1.90. The van der Waals surface area contributed by atoms with Crippen LogP contribution in [-0.2, 0) is 14.3 Å². The summed E-state index contributed by atoms with van der Waals surface area (Å²) in [4.78, 5) is 23.5. The Hall–Kier alpha value is -1.60. The smallest absolute Gasteiger partial charge is 0.323 e. The molecule has 0 atom stereocenters. The lowest BCUT2D eigenvalue weighted by Crippen LogP contribution is -2.45. The Morgan fingerprint density at radius 1 is 1.37 bits per heavy atom. The van der Waals surface area contributed by atoms with Gasteiger partial charge in [-0.25, -0.2) is 4.79 Å². The number of aliphatic carboxylic acids is 1. The van der Waals surface area contributed by atoms with Gasteiger partial charge in [0.15, 0.2) is 0 Å². The van der Waals surface area contributed by atoms with Gasteiger partial charge in [-0.3, -0.25) is 4.79 Å². The van der Waals surface area contributed by atoms with Gasteiger partial charge in [-0.2, -0.15) is 0 Å². The number of carbonyl (C=O) groups is 2. The van der Waals surface area contributed by atoms with Gasteiger partial charge in [-0.05, 0) is 6.42 Å². The van der Waals surface area contributed by atoms with E-state index in [0.29, 0.717) is 19.8 Å². The largest absolute Gasteiger partial charge is 0.480 e. The minimum absolute atomic E-state index is 0.228. The zero-order valence-electron chi connectivity index (χ0n) is 11.3. The van der Waals surface area contributed by atoms with Gasteiger partial charge in [-0.1, -0.05) is 6.08 Å². The third-order valence-corrected chi connectivity index (χ3v) is 2.17. The van der Waals surface area contributed by atoms with Gasteiger partial charge in [0.25, 0.3) is 0 Å². The van der Waals surface area contributed by atoms with Crippen LogP contribution < -0.4 is 5.32 Å². The molecule has 0 aromatic carbocycles. The van der Waals surface area contributed by atoms with Gasteiger partial charge in [0, 0.05) is 20.2 Å². The molecule has 0 aliphatic heterocycles. The van der Waals surface area contributed by atoms with Crippen molar-refractivity contribution in [2.45, 2.75) is 6.42 Å². The maximum absolute atomic E-state index is 11.7. The number of hydrogen-bond donors (Lipinski definition) is 2. The predicted octanol–water partition coefficient (Wildman–Crippen LogP) is 0.322. The summed E-state index contributed by atoms with van der Waals surface area (Å²) >= 11 is 0. The lowest BCUT2D eigenvalue weighted by molar-refractivity contribution is -0.137. The predicted molar refractivity (Wildman–Crippen MR) is 70.1 cm³/mol. The molecule has 2 N–H and O–H groups in total. The van der Waals surface area contributed by atoms with E-state index < -0.39 is 12.0 Å². The lowest BCUT2D eigenvalue weighted by Gasteiger charge is -2.20. The number of rotatable bonds is 11. The van der Waals surface area contributed by atoms with Gasteiger partial charge in [-0.15, -0.1) is 6.58 Å². The summed E-state index contributed by atoms with van der Waals surface area (Å²) in [5, 5.41) is 11.3. The van der Waals surface area contributed by atoms with E-state index in [9.17, 15) is 9.59 Å². The molecule has 7 heteroatoms. The van der Waals surface area contributed by atoms with Crippen molar-refractivity contribution in [3.05, 3.63) is 12.7 Å². The van der Waals surface area contributed by atoms with Crippen molar-refractivity contribution in [3.63, 3.8) is 0 Å². The molecule has 0 saturated carbocycles. The highest BCUT2D eigenvalue weighted by Gasteiger charge is 2.15. The molecule has 0 rings (SSSR count). The van der Waals surface area contributed by atoms with Crippen LogP contribution in [0.25, 0.3) is 0 Å². The van der Waals surface area contributed by atoms with E-state index in [0.717, 1.165) is 6.42 Å². The SMILES string of the molecule is C=CCCOCCNC(=O)N(CCOC)CC(=O)O. The molecule has 0 aromatic rings. The van der Waals surface area contributed by atoms with Crippen molar-refractivity contribution in [3.8, 4) is 0 Å². The first-order valence-corrected chi connectivity index (χ1v) is 6.04. The van der Waals surface area contributed by atoms with Crippen LogP contribution >= 0.6 is 0 Å². The quantitative estimate of drug-likeness (QED) is 0.418. The number of urea groups is 1. The topological polar surface area (TPSA) is 88.1 Å². The van der Waals surface area contributed by atoms with E-state index in [4.69, 9.17) is 14.6 Å². The Morgan fingerprint density at radius 2 is 2.11 bits per heavy atom. The third-order valence-electron chi connectivity index (χ3n) is 2.17. The van der Waals surface area contributed by atoms with Gasteiger partial charge in [0.2, 0.25) is 0 Å². The first-order chi connectivity index (χ1) is 9.11.